The normalized spacial score (nSPS) is 29.8. The largest absolute Gasteiger partial charge is 0.469 e. The Bertz CT molecular complexity index is 320. The van der Waals surface area contributed by atoms with Crippen molar-refractivity contribution in [2.75, 3.05) is 0 Å². The standard InChI is InChI=1S/C12H16O/c1-12(6-7-12)10-4-2-3-9-5-8-13-11(9)10/h5,8,10H,2-4,6-7H2,1H3. The Morgan fingerprint density at radius 1 is 1.46 bits per heavy atom. The first kappa shape index (κ1) is 7.66. The molecule has 0 aliphatic heterocycles. The Morgan fingerprint density at radius 2 is 2.31 bits per heavy atom. The summed E-state index contributed by atoms with van der Waals surface area (Å²) in [6.45, 7) is 2.41. The molecule has 0 bridgehead atoms. The second kappa shape index (κ2) is 2.40. The van der Waals surface area contributed by atoms with Crippen molar-refractivity contribution in [1.82, 2.24) is 0 Å². The third-order valence-electron chi connectivity index (χ3n) is 3.92. The SMILES string of the molecule is CC1(C2CCCc3ccoc32)CC1. The van der Waals surface area contributed by atoms with Gasteiger partial charge < -0.3 is 4.42 Å². The number of hydrogen-bond donors (Lipinski definition) is 0. The van der Waals surface area contributed by atoms with Crippen molar-refractivity contribution in [3.8, 4) is 0 Å². The zero-order chi connectivity index (χ0) is 8.89. The molecule has 1 unspecified atom stereocenters. The van der Waals surface area contributed by atoms with Crippen LogP contribution in [0.2, 0.25) is 0 Å². The molecule has 13 heavy (non-hydrogen) atoms. The molecule has 1 aromatic heterocycles. The lowest BCUT2D eigenvalue weighted by Gasteiger charge is -2.26. The van der Waals surface area contributed by atoms with Crippen LogP contribution >= 0.6 is 0 Å². The van der Waals surface area contributed by atoms with Crippen molar-refractivity contribution in [3.63, 3.8) is 0 Å². The third-order valence-corrected chi connectivity index (χ3v) is 3.92. The number of rotatable bonds is 1. The molecule has 2 aliphatic carbocycles. The molecule has 0 N–H and O–H groups in total. The van der Waals surface area contributed by atoms with Crippen molar-refractivity contribution in [3.05, 3.63) is 23.7 Å². The maximum atomic E-state index is 5.64. The van der Waals surface area contributed by atoms with E-state index in [2.05, 4.69) is 13.0 Å². The van der Waals surface area contributed by atoms with Crippen LogP contribution in [-0.4, -0.2) is 0 Å². The van der Waals surface area contributed by atoms with Crippen LogP contribution in [0, 0.1) is 5.41 Å². The summed E-state index contributed by atoms with van der Waals surface area (Å²) in [5.74, 6) is 2.04. The van der Waals surface area contributed by atoms with Crippen LogP contribution in [0.4, 0.5) is 0 Å². The van der Waals surface area contributed by atoms with Crippen LogP contribution < -0.4 is 0 Å². The predicted molar refractivity (Wildman–Crippen MR) is 51.7 cm³/mol. The molecule has 3 rings (SSSR count). The highest BCUT2D eigenvalue weighted by Gasteiger charge is 2.47. The van der Waals surface area contributed by atoms with E-state index in [1.54, 1.807) is 0 Å². The minimum atomic E-state index is 0.590. The number of aryl methyl sites for hydroxylation is 1. The van der Waals surface area contributed by atoms with E-state index < -0.39 is 0 Å². The maximum Gasteiger partial charge on any atom is 0.110 e. The Hall–Kier alpha value is -0.720. The van der Waals surface area contributed by atoms with E-state index in [0.29, 0.717) is 5.41 Å². The lowest BCUT2D eigenvalue weighted by atomic mass is 9.79. The minimum absolute atomic E-state index is 0.590. The van der Waals surface area contributed by atoms with E-state index in [0.717, 1.165) is 5.92 Å². The van der Waals surface area contributed by atoms with Gasteiger partial charge in [-0.15, -0.1) is 0 Å². The molecule has 1 nitrogen and oxygen atoms in total. The van der Waals surface area contributed by atoms with Gasteiger partial charge in [-0.2, -0.15) is 0 Å². The molecule has 1 saturated carbocycles. The Balaban J connectivity index is 2.00. The summed E-state index contributed by atoms with van der Waals surface area (Å²) < 4.78 is 5.64. The smallest absolute Gasteiger partial charge is 0.110 e. The summed E-state index contributed by atoms with van der Waals surface area (Å²) in [6, 6.07) is 2.16. The fourth-order valence-corrected chi connectivity index (χ4v) is 2.70. The molecule has 1 atom stereocenters. The van der Waals surface area contributed by atoms with Crippen LogP contribution in [0.3, 0.4) is 0 Å². The van der Waals surface area contributed by atoms with Gasteiger partial charge in [0, 0.05) is 5.92 Å². The van der Waals surface area contributed by atoms with Crippen LogP contribution in [0.15, 0.2) is 16.7 Å². The Kier molecular flexibility index (Phi) is 1.42. The van der Waals surface area contributed by atoms with E-state index in [9.17, 15) is 0 Å². The molecule has 1 heterocycles. The average Bonchev–Trinajstić information content (AvgIpc) is 2.72. The van der Waals surface area contributed by atoms with E-state index in [-0.39, 0.29) is 0 Å². The van der Waals surface area contributed by atoms with Crippen LogP contribution in [0.1, 0.15) is 49.8 Å². The molecule has 1 fully saturated rings. The van der Waals surface area contributed by atoms with Crippen molar-refractivity contribution in [2.24, 2.45) is 5.41 Å². The molecule has 0 saturated heterocycles. The van der Waals surface area contributed by atoms with Gasteiger partial charge in [0.2, 0.25) is 0 Å². The lowest BCUT2D eigenvalue weighted by Crippen LogP contribution is -2.15. The highest BCUT2D eigenvalue weighted by atomic mass is 16.3. The molecule has 0 amide bonds. The number of fused-ring (bicyclic) bond motifs is 1. The van der Waals surface area contributed by atoms with Gasteiger partial charge in [0.15, 0.2) is 0 Å². The third kappa shape index (κ3) is 1.06. The van der Waals surface area contributed by atoms with Gasteiger partial charge in [-0.1, -0.05) is 6.92 Å². The first-order chi connectivity index (χ1) is 6.30. The van der Waals surface area contributed by atoms with Gasteiger partial charge in [0.05, 0.1) is 6.26 Å². The maximum absolute atomic E-state index is 5.64. The number of furan rings is 1. The molecular weight excluding hydrogens is 160 g/mol. The van der Waals surface area contributed by atoms with E-state index >= 15 is 0 Å². The zero-order valence-corrected chi connectivity index (χ0v) is 8.18. The fraction of sp³-hybridized carbons (Fsp3) is 0.667. The van der Waals surface area contributed by atoms with Gasteiger partial charge in [0.1, 0.15) is 5.76 Å². The first-order valence-electron chi connectivity index (χ1n) is 5.36. The average molecular weight is 176 g/mol. The molecule has 2 aliphatic rings. The highest BCUT2D eigenvalue weighted by Crippen LogP contribution is 2.59. The van der Waals surface area contributed by atoms with Crippen LogP contribution in [0.25, 0.3) is 0 Å². The molecule has 0 radical (unpaired) electrons. The lowest BCUT2D eigenvalue weighted by molar-refractivity contribution is 0.321. The molecule has 0 aromatic carbocycles. The molecule has 1 heteroatoms. The summed E-state index contributed by atoms with van der Waals surface area (Å²) in [5, 5.41) is 0. The predicted octanol–water partition coefficient (Wildman–Crippen LogP) is 3.50. The molecular formula is C12H16O. The monoisotopic (exact) mass is 176 g/mol. The van der Waals surface area contributed by atoms with Crippen LogP contribution in [0.5, 0.6) is 0 Å². The van der Waals surface area contributed by atoms with Gasteiger partial charge in [0.25, 0.3) is 0 Å². The Labute approximate surface area is 79.1 Å². The summed E-state index contributed by atoms with van der Waals surface area (Å²) in [5.41, 5.74) is 2.07. The van der Waals surface area contributed by atoms with Crippen LogP contribution in [-0.2, 0) is 6.42 Å². The zero-order valence-electron chi connectivity index (χ0n) is 8.18. The van der Waals surface area contributed by atoms with Gasteiger partial charge >= 0.3 is 0 Å². The van der Waals surface area contributed by atoms with E-state index in [4.69, 9.17) is 4.42 Å². The van der Waals surface area contributed by atoms with E-state index in [1.165, 1.54) is 43.4 Å². The number of hydrogen-bond acceptors (Lipinski definition) is 1. The first-order valence-corrected chi connectivity index (χ1v) is 5.36. The van der Waals surface area contributed by atoms with Crippen molar-refractivity contribution >= 4 is 0 Å². The molecule has 1 aromatic rings. The van der Waals surface area contributed by atoms with Gasteiger partial charge in [-0.05, 0) is 49.1 Å². The summed E-state index contributed by atoms with van der Waals surface area (Å²) in [7, 11) is 0. The molecule has 70 valence electrons. The summed E-state index contributed by atoms with van der Waals surface area (Å²) in [6.07, 6.45) is 8.60. The fourth-order valence-electron chi connectivity index (χ4n) is 2.70. The summed E-state index contributed by atoms with van der Waals surface area (Å²) >= 11 is 0. The Morgan fingerprint density at radius 3 is 3.08 bits per heavy atom. The quantitative estimate of drug-likeness (QED) is 0.638. The van der Waals surface area contributed by atoms with Crippen molar-refractivity contribution in [2.45, 2.75) is 44.9 Å². The second-order valence-corrected chi connectivity index (χ2v) is 4.91. The van der Waals surface area contributed by atoms with Crippen molar-refractivity contribution < 1.29 is 4.42 Å². The van der Waals surface area contributed by atoms with Gasteiger partial charge in [-0.25, -0.2) is 0 Å². The topological polar surface area (TPSA) is 13.1 Å². The summed E-state index contributed by atoms with van der Waals surface area (Å²) in [4.78, 5) is 0. The second-order valence-electron chi connectivity index (χ2n) is 4.91. The van der Waals surface area contributed by atoms with Gasteiger partial charge in [-0.3, -0.25) is 0 Å². The van der Waals surface area contributed by atoms with E-state index in [1.807, 2.05) is 6.26 Å². The molecule has 0 spiro atoms. The minimum Gasteiger partial charge on any atom is -0.469 e. The van der Waals surface area contributed by atoms with Crippen molar-refractivity contribution in [1.29, 1.82) is 0 Å². The highest BCUT2D eigenvalue weighted by molar-refractivity contribution is 5.27.